The summed E-state index contributed by atoms with van der Waals surface area (Å²) >= 11 is 3.46. The number of hydroxylamine groups is 2. The van der Waals surface area contributed by atoms with E-state index in [1.54, 1.807) is 0 Å². The molecule has 4 heteroatoms. The number of hydrogen-bond acceptors (Lipinski definition) is 3. The van der Waals surface area contributed by atoms with Gasteiger partial charge in [0.1, 0.15) is 0 Å². The van der Waals surface area contributed by atoms with Crippen molar-refractivity contribution in [3.05, 3.63) is 0 Å². The lowest BCUT2D eigenvalue weighted by Crippen LogP contribution is -2.40. The average molecular weight is 292 g/mol. The fraction of sp³-hybridized carbons (Fsp3) is 0.917. The molecule has 94 valence electrons. The summed E-state index contributed by atoms with van der Waals surface area (Å²) in [6.07, 6.45) is 3.52. The Labute approximate surface area is 107 Å². The van der Waals surface area contributed by atoms with Gasteiger partial charge in [0.2, 0.25) is 0 Å². The number of rotatable bonds is 3. The highest BCUT2D eigenvalue weighted by atomic mass is 79.9. The molecule has 0 aromatic rings. The number of carbonyl (C=O) groups excluding carboxylic acids is 1. The smallest absolute Gasteiger partial charge is 0.330 e. The second-order valence-electron chi connectivity index (χ2n) is 5.50. The van der Waals surface area contributed by atoms with Crippen molar-refractivity contribution in [2.45, 2.75) is 40.0 Å². The molecule has 0 aromatic heterocycles. The first kappa shape index (κ1) is 14.0. The minimum absolute atomic E-state index is 0.132. The van der Waals surface area contributed by atoms with Crippen LogP contribution >= 0.6 is 15.9 Å². The fourth-order valence-electron chi connectivity index (χ4n) is 1.75. The Morgan fingerprint density at radius 3 is 2.75 bits per heavy atom. The van der Waals surface area contributed by atoms with Crippen LogP contribution in [0.5, 0.6) is 0 Å². The zero-order valence-electron chi connectivity index (χ0n) is 10.5. The molecule has 1 saturated heterocycles. The topological polar surface area (TPSA) is 29.5 Å². The summed E-state index contributed by atoms with van der Waals surface area (Å²) in [6.45, 7) is 7.41. The van der Waals surface area contributed by atoms with E-state index in [-0.39, 0.29) is 5.97 Å². The standard InChI is InChI=1S/C12H22BrNO2/c1-12(2,3)11(15)16-14-8-4-5-10(9-14)6-7-13/h10H,4-9H2,1-3H3. The van der Waals surface area contributed by atoms with Crippen molar-refractivity contribution >= 4 is 21.9 Å². The maximum Gasteiger partial charge on any atom is 0.330 e. The highest BCUT2D eigenvalue weighted by molar-refractivity contribution is 9.09. The molecule has 16 heavy (non-hydrogen) atoms. The van der Waals surface area contributed by atoms with Crippen LogP contribution in [-0.4, -0.2) is 29.5 Å². The summed E-state index contributed by atoms with van der Waals surface area (Å²) < 4.78 is 0. The predicted molar refractivity (Wildman–Crippen MR) is 68.3 cm³/mol. The Kier molecular flexibility index (Phi) is 5.25. The van der Waals surface area contributed by atoms with Crippen LogP contribution in [-0.2, 0) is 9.63 Å². The van der Waals surface area contributed by atoms with Crippen LogP contribution in [0.2, 0.25) is 0 Å². The van der Waals surface area contributed by atoms with E-state index in [0.717, 1.165) is 31.3 Å². The Balaban J connectivity index is 2.40. The van der Waals surface area contributed by atoms with E-state index in [9.17, 15) is 4.79 Å². The van der Waals surface area contributed by atoms with Crippen molar-refractivity contribution in [3.8, 4) is 0 Å². The van der Waals surface area contributed by atoms with Gasteiger partial charge in [0.15, 0.2) is 0 Å². The summed E-state index contributed by atoms with van der Waals surface area (Å²) in [6, 6.07) is 0. The maximum atomic E-state index is 11.7. The molecule has 0 aliphatic carbocycles. The lowest BCUT2D eigenvalue weighted by molar-refractivity contribution is -0.207. The summed E-state index contributed by atoms with van der Waals surface area (Å²) in [5.41, 5.74) is -0.414. The predicted octanol–water partition coefficient (Wildman–Crippen LogP) is 2.99. The van der Waals surface area contributed by atoms with Gasteiger partial charge in [-0.2, -0.15) is 0 Å². The molecule has 1 heterocycles. The Hall–Kier alpha value is -0.0900. The zero-order chi connectivity index (χ0) is 12.2. The summed E-state index contributed by atoms with van der Waals surface area (Å²) in [5, 5.41) is 2.86. The first-order chi connectivity index (χ1) is 7.43. The van der Waals surface area contributed by atoms with Crippen molar-refractivity contribution in [1.29, 1.82) is 0 Å². The minimum atomic E-state index is -0.414. The molecule has 1 atom stereocenters. The summed E-state index contributed by atoms with van der Waals surface area (Å²) in [4.78, 5) is 17.1. The van der Waals surface area contributed by atoms with Crippen LogP contribution in [0.3, 0.4) is 0 Å². The molecule has 3 nitrogen and oxygen atoms in total. The molecule has 0 bridgehead atoms. The molecule has 0 amide bonds. The number of carbonyl (C=O) groups is 1. The van der Waals surface area contributed by atoms with E-state index in [4.69, 9.17) is 4.84 Å². The molecule has 1 aliphatic rings. The van der Waals surface area contributed by atoms with Gasteiger partial charge in [-0.1, -0.05) is 15.9 Å². The first-order valence-corrected chi connectivity index (χ1v) is 7.09. The molecule has 0 aromatic carbocycles. The van der Waals surface area contributed by atoms with Gasteiger partial charge in [-0.15, -0.1) is 5.06 Å². The van der Waals surface area contributed by atoms with E-state index < -0.39 is 5.41 Å². The minimum Gasteiger partial charge on any atom is -0.367 e. The van der Waals surface area contributed by atoms with Crippen molar-refractivity contribution in [2.75, 3.05) is 18.4 Å². The van der Waals surface area contributed by atoms with Crippen molar-refractivity contribution < 1.29 is 9.63 Å². The molecule has 1 rings (SSSR count). The first-order valence-electron chi connectivity index (χ1n) is 5.97. The second-order valence-corrected chi connectivity index (χ2v) is 6.30. The van der Waals surface area contributed by atoms with Crippen LogP contribution in [0.15, 0.2) is 0 Å². The lowest BCUT2D eigenvalue weighted by Gasteiger charge is -2.32. The fourth-order valence-corrected chi connectivity index (χ4v) is 2.40. The average Bonchev–Trinajstić information content (AvgIpc) is 2.17. The quantitative estimate of drug-likeness (QED) is 0.749. The molecule has 0 saturated carbocycles. The molecular weight excluding hydrogens is 270 g/mol. The number of piperidine rings is 1. The Morgan fingerprint density at radius 2 is 2.19 bits per heavy atom. The number of nitrogens with zero attached hydrogens (tertiary/aromatic N) is 1. The van der Waals surface area contributed by atoms with Gasteiger partial charge in [-0.25, -0.2) is 4.79 Å². The van der Waals surface area contributed by atoms with Crippen LogP contribution < -0.4 is 0 Å². The summed E-state index contributed by atoms with van der Waals surface area (Å²) in [5.74, 6) is 0.521. The van der Waals surface area contributed by atoms with Crippen molar-refractivity contribution in [1.82, 2.24) is 5.06 Å². The van der Waals surface area contributed by atoms with Crippen LogP contribution in [0.25, 0.3) is 0 Å². The highest BCUT2D eigenvalue weighted by Gasteiger charge is 2.28. The van der Waals surface area contributed by atoms with E-state index in [0.29, 0.717) is 5.92 Å². The lowest BCUT2D eigenvalue weighted by atomic mass is 9.96. The van der Waals surface area contributed by atoms with Crippen molar-refractivity contribution in [2.24, 2.45) is 11.3 Å². The molecular formula is C12H22BrNO2. The van der Waals surface area contributed by atoms with Gasteiger partial charge < -0.3 is 4.84 Å². The monoisotopic (exact) mass is 291 g/mol. The Bertz CT molecular complexity index is 236. The third-order valence-corrected chi connectivity index (χ3v) is 3.28. The van der Waals surface area contributed by atoms with Gasteiger partial charge in [-0.05, 0) is 46.0 Å². The largest absolute Gasteiger partial charge is 0.367 e. The van der Waals surface area contributed by atoms with Crippen molar-refractivity contribution in [3.63, 3.8) is 0 Å². The third-order valence-electron chi connectivity index (χ3n) is 2.82. The number of halogens is 1. The number of alkyl halides is 1. The SMILES string of the molecule is CC(C)(C)C(=O)ON1CCCC(CCBr)C1. The normalized spacial score (nSPS) is 23.1. The molecule has 0 radical (unpaired) electrons. The van der Waals surface area contributed by atoms with Crippen LogP contribution in [0, 0.1) is 11.3 Å². The Morgan fingerprint density at radius 1 is 1.50 bits per heavy atom. The third kappa shape index (κ3) is 4.42. The zero-order valence-corrected chi connectivity index (χ0v) is 12.0. The molecule has 0 N–H and O–H groups in total. The van der Waals surface area contributed by atoms with Gasteiger partial charge >= 0.3 is 5.97 Å². The van der Waals surface area contributed by atoms with E-state index in [2.05, 4.69) is 15.9 Å². The molecule has 1 unspecified atom stereocenters. The highest BCUT2D eigenvalue weighted by Crippen LogP contribution is 2.23. The van der Waals surface area contributed by atoms with Crippen LogP contribution in [0.4, 0.5) is 0 Å². The molecule has 1 aliphatic heterocycles. The van der Waals surface area contributed by atoms with Gasteiger partial charge in [0.05, 0.1) is 5.41 Å². The van der Waals surface area contributed by atoms with Gasteiger partial charge in [0, 0.05) is 18.4 Å². The molecule has 1 fully saturated rings. The van der Waals surface area contributed by atoms with E-state index in [1.807, 2.05) is 25.8 Å². The van der Waals surface area contributed by atoms with E-state index in [1.165, 1.54) is 6.42 Å². The number of hydrogen-bond donors (Lipinski definition) is 0. The molecule has 0 spiro atoms. The van der Waals surface area contributed by atoms with Gasteiger partial charge in [-0.3, -0.25) is 0 Å². The van der Waals surface area contributed by atoms with Gasteiger partial charge in [0.25, 0.3) is 0 Å². The maximum absolute atomic E-state index is 11.7. The second kappa shape index (κ2) is 6.01. The van der Waals surface area contributed by atoms with E-state index >= 15 is 0 Å². The summed E-state index contributed by atoms with van der Waals surface area (Å²) in [7, 11) is 0. The van der Waals surface area contributed by atoms with Crippen LogP contribution in [0.1, 0.15) is 40.0 Å².